The van der Waals surface area contributed by atoms with Gasteiger partial charge in [0.1, 0.15) is 12.4 Å². The molecule has 0 saturated heterocycles. The number of sulfonamides is 1. The number of furan rings is 1. The Balaban J connectivity index is 1.96. The van der Waals surface area contributed by atoms with Crippen LogP contribution in [0.1, 0.15) is 16.2 Å². The van der Waals surface area contributed by atoms with Crippen LogP contribution in [-0.2, 0) is 21.4 Å². The van der Waals surface area contributed by atoms with Crippen molar-refractivity contribution in [1.82, 2.24) is 9.29 Å². The summed E-state index contributed by atoms with van der Waals surface area (Å²) in [4.78, 5) is 16.0. The third-order valence-corrected chi connectivity index (χ3v) is 5.32. The lowest BCUT2D eigenvalue weighted by atomic mass is 10.4. The number of esters is 1. The highest BCUT2D eigenvalue weighted by molar-refractivity contribution is 7.88. The number of nitrogens with one attached hydrogen (secondary N) is 1. The van der Waals surface area contributed by atoms with Crippen LogP contribution in [0.15, 0.2) is 39.7 Å². The standard InChI is InChI=1S/C14H17N3O5S2/c1-4-7-15-14-16-11(9-23-14)13(18)21-8-10-5-6-12(22-10)24(19,20)17(2)3/h4-6,9H,1,7-8H2,2-3H3,(H,15,16). The number of hydrogen-bond donors (Lipinski definition) is 1. The SMILES string of the molecule is C=CCNc1nc(C(=O)OCc2ccc(S(=O)(=O)N(C)C)o2)cs1. The number of thiazole rings is 1. The van der Waals surface area contributed by atoms with Crippen LogP contribution in [0.5, 0.6) is 0 Å². The van der Waals surface area contributed by atoms with Crippen molar-refractivity contribution in [2.75, 3.05) is 26.0 Å². The van der Waals surface area contributed by atoms with Crippen molar-refractivity contribution in [1.29, 1.82) is 0 Å². The molecule has 0 atom stereocenters. The van der Waals surface area contributed by atoms with Gasteiger partial charge in [-0.1, -0.05) is 6.08 Å². The molecule has 0 bridgehead atoms. The molecule has 1 N–H and O–H groups in total. The Morgan fingerprint density at radius 1 is 1.50 bits per heavy atom. The lowest BCUT2D eigenvalue weighted by molar-refractivity contribution is 0.0434. The van der Waals surface area contributed by atoms with E-state index in [1.165, 1.54) is 37.6 Å². The summed E-state index contributed by atoms with van der Waals surface area (Å²) in [5, 5.41) is 4.91. The third-order valence-electron chi connectivity index (χ3n) is 2.83. The van der Waals surface area contributed by atoms with E-state index in [2.05, 4.69) is 16.9 Å². The van der Waals surface area contributed by atoms with E-state index in [-0.39, 0.29) is 23.2 Å². The second kappa shape index (κ2) is 7.60. The van der Waals surface area contributed by atoms with Crippen molar-refractivity contribution in [2.45, 2.75) is 11.7 Å². The van der Waals surface area contributed by atoms with Crippen LogP contribution in [0.4, 0.5) is 5.13 Å². The maximum Gasteiger partial charge on any atom is 0.358 e. The number of hydrogen-bond acceptors (Lipinski definition) is 8. The fraction of sp³-hybridized carbons (Fsp3) is 0.286. The molecule has 0 fully saturated rings. The first kappa shape index (κ1) is 18.2. The van der Waals surface area contributed by atoms with Crippen LogP contribution in [0.25, 0.3) is 0 Å². The molecule has 0 saturated carbocycles. The minimum absolute atomic E-state index is 0.166. The zero-order valence-electron chi connectivity index (χ0n) is 13.2. The molecule has 0 amide bonds. The molecule has 0 aliphatic heterocycles. The van der Waals surface area contributed by atoms with Crippen LogP contribution in [0, 0.1) is 0 Å². The summed E-state index contributed by atoms with van der Waals surface area (Å²) in [6.45, 7) is 3.93. The number of anilines is 1. The smallest absolute Gasteiger partial charge is 0.358 e. The molecule has 2 rings (SSSR count). The fourth-order valence-corrected chi connectivity index (χ4v) is 3.08. The lowest BCUT2D eigenvalue weighted by Gasteiger charge is -2.07. The topological polar surface area (TPSA) is 102 Å². The van der Waals surface area contributed by atoms with Crippen molar-refractivity contribution in [3.8, 4) is 0 Å². The zero-order valence-corrected chi connectivity index (χ0v) is 14.8. The van der Waals surface area contributed by atoms with E-state index >= 15 is 0 Å². The minimum Gasteiger partial charge on any atom is -0.453 e. The van der Waals surface area contributed by atoms with Crippen LogP contribution in [-0.4, -0.2) is 44.3 Å². The molecule has 0 aromatic carbocycles. The summed E-state index contributed by atoms with van der Waals surface area (Å²) in [6, 6.07) is 2.76. The molecule has 0 aliphatic carbocycles. The number of rotatable bonds is 8. The van der Waals surface area contributed by atoms with E-state index in [1.54, 1.807) is 11.5 Å². The van der Waals surface area contributed by atoms with Gasteiger partial charge < -0.3 is 14.5 Å². The van der Waals surface area contributed by atoms with Gasteiger partial charge in [-0.3, -0.25) is 0 Å². The van der Waals surface area contributed by atoms with Gasteiger partial charge in [-0.05, 0) is 12.1 Å². The molecule has 130 valence electrons. The fourth-order valence-electron chi connectivity index (χ4n) is 1.57. The van der Waals surface area contributed by atoms with E-state index in [1.807, 2.05) is 0 Å². The van der Waals surface area contributed by atoms with E-state index in [0.717, 1.165) is 4.31 Å². The molecule has 2 aromatic heterocycles. The average Bonchev–Trinajstić information content (AvgIpc) is 3.20. The number of carbonyl (C=O) groups is 1. The van der Waals surface area contributed by atoms with E-state index in [9.17, 15) is 13.2 Å². The highest BCUT2D eigenvalue weighted by Crippen LogP contribution is 2.19. The maximum absolute atomic E-state index is 11.9. The Hall–Kier alpha value is -2.17. The predicted octanol–water partition coefficient (Wildman–Crippen LogP) is 1.94. The highest BCUT2D eigenvalue weighted by atomic mass is 32.2. The number of aromatic nitrogens is 1. The summed E-state index contributed by atoms with van der Waals surface area (Å²) in [5.41, 5.74) is 0.166. The van der Waals surface area contributed by atoms with Crippen molar-refractivity contribution in [2.24, 2.45) is 0 Å². The molecule has 0 aliphatic rings. The number of nitrogens with zero attached hydrogens (tertiary/aromatic N) is 2. The maximum atomic E-state index is 11.9. The molecule has 8 nitrogen and oxygen atoms in total. The Kier molecular flexibility index (Phi) is 5.75. The van der Waals surface area contributed by atoms with Crippen LogP contribution in [0.2, 0.25) is 0 Å². The molecule has 2 heterocycles. The van der Waals surface area contributed by atoms with Crippen molar-refractivity contribution in [3.63, 3.8) is 0 Å². The summed E-state index contributed by atoms with van der Waals surface area (Å²) in [7, 11) is -0.852. The first-order valence-electron chi connectivity index (χ1n) is 6.83. The van der Waals surface area contributed by atoms with Crippen LogP contribution >= 0.6 is 11.3 Å². The van der Waals surface area contributed by atoms with Gasteiger partial charge >= 0.3 is 5.97 Å². The van der Waals surface area contributed by atoms with Gasteiger partial charge in [0, 0.05) is 26.0 Å². The summed E-state index contributed by atoms with van der Waals surface area (Å²) < 4.78 is 35.1. The monoisotopic (exact) mass is 371 g/mol. The quantitative estimate of drug-likeness (QED) is 0.559. The second-order valence-electron chi connectivity index (χ2n) is 4.79. The normalized spacial score (nSPS) is 11.5. The largest absolute Gasteiger partial charge is 0.453 e. The Bertz CT molecular complexity index is 823. The predicted molar refractivity (Wildman–Crippen MR) is 89.5 cm³/mol. The number of carbonyl (C=O) groups excluding carboxylic acids is 1. The summed E-state index contributed by atoms with van der Waals surface area (Å²) >= 11 is 1.27. The van der Waals surface area contributed by atoms with Crippen molar-refractivity contribution >= 4 is 32.5 Å². The molecule has 0 radical (unpaired) electrons. The zero-order chi connectivity index (χ0) is 17.7. The first-order chi connectivity index (χ1) is 11.3. The Morgan fingerprint density at radius 2 is 2.25 bits per heavy atom. The van der Waals surface area contributed by atoms with Crippen molar-refractivity contribution in [3.05, 3.63) is 41.6 Å². The van der Waals surface area contributed by atoms with Gasteiger partial charge in [-0.15, -0.1) is 17.9 Å². The van der Waals surface area contributed by atoms with Gasteiger partial charge in [-0.25, -0.2) is 22.5 Å². The summed E-state index contributed by atoms with van der Waals surface area (Å²) in [6.07, 6.45) is 1.68. The molecule has 24 heavy (non-hydrogen) atoms. The first-order valence-corrected chi connectivity index (χ1v) is 9.15. The second-order valence-corrected chi connectivity index (χ2v) is 7.73. The minimum atomic E-state index is -3.65. The Labute approximate surface area is 143 Å². The van der Waals surface area contributed by atoms with E-state index < -0.39 is 16.0 Å². The van der Waals surface area contributed by atoms with Crippen molar-refractivity contribution < 1.29 is 22.4 Å². The average molecular weight is 371 g/mol. The van der Waals surface area contributed by atoms with E-state index in [4.69, 9.17) is 9.15 Å². The molecular formula is C14H17N3O5S2. The molecule has 0 unspecified atom stereocenters. The van der Waals surface area contributed by atoms with E-state index in [0.29, 0.717) is 11.7 Å². The van der Waals surface area contributed by atoms with Gasteiger partial charge in [0.2, 0.25) is 5.09 Å². The molecular weight excluding hydrogens is 354 g/mol. The molecule has 0 spiro atoms. The summed E-state index contributed by atoms with van der Waals surface area (Å²) in [5.74, 6) is -0.393. The van der Waals surface area contributed by atoms with Gasteiger partial charge in [0.25, 0.3) is 10.0 Å². The Morgan fingerprint density at radius 3 is 2.92 bits per heavy atom. The van der Waals surface area contributed by atoms with Gasteiger partial charge in [0.05, 0.1) is 0 Å². The van der Waals surface area contributed by atoms with Gasteiger partial charge in [0.15, 0.2) is 10.8 Å². The highest BCUT2D eigenvalue weighted by Gasteiger charge is 2.22. The lowest BCUT2D eigenvalue weighted by Crippen LogP contribution is -2.21. The van der Waals surface area contributed by atoms with Crippen LogP contribution in [0.3, 0.4) is 0 Å². The van der Waals surface area contributed by atoms with Gasteiger partial charge in [-0.2, -0.15) is 0 Å². The third kappa shape index (κ3) is 4.22. The van der Waals surface area contributed by atoms with Crippen LogP contribution < -0.4 is 5.32 Å². The molecule has 2 aromatic rings. The molecule has 10 heteroatoms. The number of ether oxygens (including phenoxy) is 1.